The summed E-state index contributed by atoms with van der Waals surface area (Å²) in [6, 6.07) is 0. The fraction of sp³-hybridized carbons (Fsp3) is 0.750. The van der Waals surface area contributed by atoms with Crippen LogP contribution in [0.2, 0.25) is 0 Å². The van der Waals surface area contributed by atoms with E-state index >= 15 is 0 Å². The maximum Gasteiger partial charge on any atom is 0.490 e. The van der Waals surface area contributed by atoms with Gasteiger partial charge in [0.15, 0.2) is 0 Å². The van der Waals surface area contributed by atoms with Crippen molar-refractivity contribution in [2.24, 2.45) is 0 Å². The second kappa shape index (κ2) is 4.76. The van der Waals surface area contributed by atoms with E-state index < -0.39 is 12.1 Å². The number of carbonyl (C=O) groups is 1. The molecule has 0 aliphatic carbocycles. The number of carbonyl (C=O) groups excluding carboxylic acids is 1. The van der Waals surface area contributed by atoms with E-state index in [1.165, 1.54) is 6.92 Å². The average Bonchev–Trinajstić information content (AvgIpc) is 1.64. The van der Waals surface area contributed by atoms with Gasteiger partial charge >= 0.3 is 12.1 Å². The molecule has 0 aliphatic rings. The molecular weight excluding hydrogens is 245 g/mol. The van der Waals surface area contributed by atoms with Crippen LogP contribution >= 0.6 is 0 Å². The van der Waals surface area contributed by atoms with Crippen LogP contribution in [0, 0.1) is 0 Å². The first-order chi connectivity index (χ1) is 3.98. The van der Waals surface area contributed by atoms with Gasteiger partial charge in [0.2, 0.25) is 0 Å². The third-order valence-corrected chi connectivity index (χ3v) is 0.507. The van der Waals surface area contributed by atoms with Gasteiger partial charge in [-0.1, -0.05) is 0 Å². The number of ether oxygens (including phenoxy) is 1. The summed E-state index contributed by atoms with van der Waals surface area (Å²) in [6.45, 7) is 1.06. The smallest absolute Gasteiger partial charge is 0.459 e. The monoisotopic (exact) mass is 249 g/mol. The Morgan fingerprint density at radius 3 is 2.00 bits per heavy atom. The average molecular weight is 250 g/mol. The molecule has 6 heteroatoms. The number of esters is 1. The third-order valence-electron chi connectivity index (χ3n) is 0.507. The Labute approximate surface area is 71.2 Å². The van der Waals surface area contributed by atoms with Crippen LogP contribution in [-0.2, 0) is 31.9 Å². The van der Waals surface area contributed by atoms with Crippen LogP contribution in [0.4, 0.5) is 13.2 Å². The van der Waals surface area contributed by atoms with Crippen LogP contribution < -0.4 is 0 Å². The summed E-state index contributed by atoms with van der Waals surface area (Å²) in [5.74, 6) is -2.13. The van der Waals surface area contributed by atoms with Crippen LogP contribution in [0.25, 0.3) is 0 Å². The number of hydrogen-bond donors (Lipinski definition) is 0. The van der Waals surface area contributed by atoms with E-state index in [4.69, 9.17) is 0 Å². The van der Waals surface area contributed by atoms with Gasteiger partial charge in [-0.05, 0) is 6.92 Å². The van der Waals surface area contributed by atoms with Crippen LogP contribution in [0.1, 0.15) is 6.92 Å². The molecule has 0 spiro atoms. The molecule has 0 aromatic rings. The van der Waals surface area contributed by atoms with Crippen molar-refractivity contribution in [1.29, 1.82) is 0 Å². The molecule has 0 aromatic carbocycles. The van der Waals surface area contributed by atoms with Crippen molar-refractivity contribution in [1.82, 2.24) is 0 Å². The maximum absolute atomic E-state index is 11.2. The van der Waals surface area contributed by atoms with Crippen LogP contribution in [0.5, 0.6) is 0 Å². The minimum Gasteiger partial charge on any atom is -0.459 e. The minimum absolute atomic E-state index is 0. The largest absolute Gasteiger partial charge is 0.490 e. The summed E-state index contributed by atoms with van der Waals surface area (Å²) in [5.41, 5.74) is 0. The van der Waals surface area contributed by atoms with Gasteiger partial charge in [0.1, 0.15) is 0 Å². The van der Waals surface area contributed by atoms with E-state index in [1.54, 1.807) is 0 Å². The van der Waals surface area contributed by atoms with Gasteiger partial charge in [-0.25, -0.2) is 4.79 Å². The molecule has 0 aromatic heterocycles. The van der Waals surface area contributed by atoms with Gasteiger partial charge in [-0.15, -0.1) is 0 Å². The fourth-order valence-electron chi connectivity index (χ4n) is 0.213. The standard InChI is InChI=1S/C4H5F3O2.Ag/c1-2-9-3(8)4(5,6)7;/h2H2,1H3;. The van der Waals surface area contributed by atoms with Gasteiger partial charge in [0.05, 0.1) is 6.61 Å². The molecule has 0 bridgehead atoms. The summed E-state index contributed by atoms with van der Waals surface area (Å²) in [4.78, 5) is 9.72. The zero-order chi connectivity index (χ0) is 7.49. The van der Waals surface area contributed by atoms with Gasteiger partial charge in [0, 0.05) is 22.4 Å². The van der Waals surface area contributed by atoms with E-state index in [-0.39, 0.29) is 29.0 Å². The van der Waals surface area contributed by atoms with Crippen molar-refractivity contribution in [3.8, 4) is 0 Å². The number of alkyl halides is 3. The molecule has 2 nitrogen and oxygen atoms in total. The van der Waals surface area contributed by atoms with Crippen molar-refractivity contribution in [3.05, 3.63) is 0 Å². The molecule has 0 N–H and O–H groups in total. The molecule has 0 saturated carbocycles. The molecule has 1 radical (unpaired) electrons. The summed E-state index contributed by atoms with van der Waals surface area (Å²) in [6.07, 6.45) is -4.85. The van der Waals surface area contributed by atoms with E-state index in [0.29, 0.717) is 0 Å². The summed E-state index contributed by atoms with van der Waals surface area (Å²) >= 11 is 0. The minimum atomic E-state index is -4.85. The van der Waals surface area contributed by atoms with Crippen molar-refractivity contribution in [2.75, 3.05) is 6.61 Å². The van der Waals surface area contributed by atoms with Gasteiger partial charge in [-0.2, -0.15) is 13.2 Å². The first-order valence-electron chi connectivity index (χ1n) is 2.22. The Bertz CT molecular complexity index is 112. The zero-order valence-electron chi connectivity index (χ0n) is 4.96. The summed E-state index contributed by atoms with van der Waals surface area (Å²) in [7, 11) is 0. The Balaban J connectivity index is 0. The molecule has 0 atom stereocenters. The van der Waals surface area contributed by atoms with Crippen LogP contribution in [-0.4, -0.2) is 18.8 Å². The maximum atomic E-state index is 11.2. The second-order valence-electron chi connectivity index (χ2n) is 1.22. The Kier molecular flexibility index (Phi) is 6.03. The Hall–Kier alpha value is 0.000260. The molecule has 0 heterocycles. The van der Waals surface area contributed by atoms with Crippen molar-refractivity contribution in [3.63, 3.8) is 0 Å². The van der Waals surface area contributed by atoms with E-state index in [2.05, 4.69) is 4.74 Å². The Morgan fingerprint density at radius 2 is 1.90 bits per heavy atom. The third kappa shape index (κ3) is 4.84. The summed E-state index contributed by atoms with van der Waals surface area (Å²) in [5, 5.41) is 0. The summed E-state index contributed by atoms with van der Waals surface area (Å²) < 4.78 is 37.1. The molecule has 0 aliphatic heterocycles. The molecule has 0 saturated heterocycles. The quantitative estimate of drug-likeness (QED) is 0.514. The fourth-order valence-corrected chi connectivity index (χ4v) is 0.213. The predicted molar refractivity (Wildman–Crippen MR) is 22.7 cm³/mol. The number of rotatable bonds is 1. The predicted octanol–water partition coefficient (Wildman–Crippen LogP) is 1.11. The molecule has 0 unspecified atom stereocenters. The second-order valence-corrected chi connectivity index (χ2v) is 1.22. The van der Waals surface area contributed by atoms with Gasteiger partial charge in [0.25, 0.3) is 0 Å². The van der Waals surface area contributed by atoms with Gasteiger partial charge in [-0.3, -0.25) is 0 Å². The van der Waals surface area contributed by atoms with Crippen LogP contribution in [0.3, 0.4) is 0 Å². The SMILES string of the molecule is CCOC(=O)C(F)(F)F.[Ag]. The van der Waals surface area contributed by atoms with Crippen molar-refractivity contribution >= 4 is 5.97 Å². The first kappa shape index (κ1) is 12.7. The molecule has 0 fully saturated rings. The van der Waals surface area contributed by atoms with Gasteiger partial charge < -0.3 is 4.74 Å². The van der Waals surface area contributed by atoms with E-state index in [9.17, 15) is 18.0 Å². The number of halogens is 3. The molecular formula is C4H5AgF3O2. The first-order valence-corrected chi connectivity index (χ1v) is 2.22. The normalized spacial score (nSPS) is 10.0. The topological polar surface area (TPSA) is 26.3 Å². The molecule has 0 rings (SSSR count). The van der Waals surface area contributed by atoms with E-state index in [0.717, 1.165) is 0 Å². The van der Waals surface area contributed by atoms with Crippen molar-refractivity contribution < 1.29 is 45.1 Å². The molecule has 65 valence electrons. The molecule has 10 heavy (non-hydrogen) atoms. The Morgan fingerprint density at radius 1 is 1.50 bits per heavy atom. The zero-order valence-corrected chi connectivity index (χ0v) is 6.44. The van der Waals surface area contributed by atoms with E-state index in [1.807, 2.05) is 0 Å². The van der Waals surface area contributed by atoms with Crippen LogP contribution in [0.15, 0.2) is 0 Å². The number of hydrogen-bond acceptors (Lipinski definition) is 2. The van der Waals surface area contributed by atoms with Crippen molar-refractivity contribution in [2.45, 2.75) is 13.1 Å². The molecule has 0 amide bonds.